The Kier molecular flexibility index (Phi) is 2.76. The minimum Gasteiger partial charge on any atom is -0.340 e. The number of anilines is 2. The highest BCUT2D eigenvalue weighted by molar-refractivity contribution is 5.85. The number of pyridine rings is 2. The molecule has 0 aliphatic rings. The van der Waals surface area contributed by atoms with Gasteiger partial charge in [-0.2, -0.15) is 0 Å². The molecule has 0 saturated carbocycles. The minimum absolute atomic E-state index is 0.0156. The molecule has 2 aromatic heterocycles. The molecule has 0 saturated heterocycles. The molecule has 1 aromatic carbocycles. The number of nitrogens with one attached hydrogen (secondary N) is 1. The van der Waals surface area contributed by atoms with Crippen LogP contribution in [0.1, 0.15) is 0 Å². The van der Waals surface area contributed by atoms with E-state index in [2.05, 4.69) is 10.3 Å². The van der Waals surface area contributed by atoms with Crippen LogP contribution >= 0.6 is 0 Å². The van der Waals surface area contributed by atoms with Gasteiger partial charge in [-0.15, -0.1) is 0 Å². The van der Waals surface area contributed by atoms with Crippen LogP contribution in [0.25, 0.3) is 10.8 Å². The smallest absolute Gasteiger partial charge is 0.258 e. The van der Waals surface area contributed by atoms with Crippen molar-refractivity contribution in [2.45, 2.75) is 0 Å². The summed E-state index contributed by atoms with van der Waals surface area (Å²) in [5.74, 6) is 0.783. The maximum Gasteiger partial charge on any atom is 0.258 e. The number of hydrogen-bond donors (Lipinski definition) is 1. The zero-order valence-electron chi connectivity index (χ0n) is 10.5. The van der Waals surface area contributed by atoms with Gasteiger partial charge >= 0.3 is 0 Å². The van der Waals surface area contributed by atoms with E-state index in [1.54, 1.807) is 24.0 Å². The largest absolute Gasteiger partial charge is 0.340 e. The average molecular weight is 251 g/mol. The van der Waals surface area contributed by atoms with Crippen molar-refractivity contribution in [1.29, 1.82) is 0 Å². The number of hydrogen-bond acceptors (Lipinski definition) is 3. The van der Waals surface area contributed by atoms with E-state index >= 15 is 0 Å². The molecule has 1 N–H and O–H groups in total. The highest BCUT2D eigenvalue weighted by atomic mass is 16.1. The van der Waals surface area contributed by atoms with Crippen LogP contribution in [0.15, 0.2) is 59.7 Å². The normalized spacial score (nSPS) is 10.6. The molecule has 0 radical (unpaired) electrons. The number of fused-ring (bicyclic) bond motifs is 1. The highest BCUT2D eigenvalue weighted by Crippen LogP contribution is 2.19. The minimum atomic E-state index is 0.0156. The van der Waals surface area contributed by atoms with Crippen LogP contribution in [-0.4, -0.2) is 9.55 Å². The van der Waals surface area contributed by atoms with Gasteiger partial charge in [0.1, 0.15) is 5.82 Å². The second kappa shape index (κ2) is 4.57. The van der Waals surface area contributed by atoms with Crippen molar-refractivity contribution >= 4 is 22.3 Å². The van der Waals surface area contributed by atoms with Gasteiger partial charge in [0, 0.05) is 30.5 Å². The van der Waals surface area contributed by atoms with Crippen LogP contribution in [0.5, 0.6) is 0 Å². The van der Waals surface area contributed by atoms with Crippen LogP contribution < -0.4 is 10.9 Å². The summed E-state index contributed by atoms with van der Waals surface area (Å²) in [4.78, 5) is 16.1. The zero-order valence-corrected chi connectivity index (χ0v) is 10.5. The molecule has 2 heterocycles. The van der Waals surface area contributed by atoms with Crippen LogP contribution in [0.2, 0.25) is 0 Å². The molecule has 19 heavy (non-hydrogen) atoms. The van der Waals surface area contributed by atoms with E-state index in [0.29, 0.717) is 0 Å². The van der Waals surface area contributed by atoms with Gasteiger partial charge in [-0.3, -0.25) is 4.79 Å². The maximum absolute atomic E-state index is 11.9. The third-order valence-corrected chi connectivity index (χ3v) is 3.02. The summed E-state index contributed by atoms with van der Waals surface area (Å²) in [6, 6.07) is 13.3. The monoisotopic (exact) mass is 251 g/mol. The maximum atomic E-state index is 11.9. The van der Waals surface area contributed by atoms with Crippen LogP contribution in [0, 0.1) is 0 Å². The van der Waals surface area contributed by atoms with Crippen LogP contribution in [0.3, 0.4) is 0 Å². The number of rotatable bonds is 2. The summed E-state index contributed by atoms with van der Waals surface area (Å²) >= 11 is 0. The summed E-state index contributed by atoms with van der Waals surface area (Å²) in [7, 11) is 1.75. The Hall–Kier alpha value is -2.62. The van der Waals surface area contributed by atoms with Gasteiger partial charge in [0.25, 0.3) is 5.56 Å². The molecular weight excluding hydrogens is 238 g/mol. The first-order valence-corrected chi connectivity index (χ1v) is 6.01. The van der Waals surface area contributed by atoms with E-state index in [0.717, 1.165) is 22.3 Å². The number of nitrogens with zero attached hydrogens (tertiary/aromatic N) is 2. The Labute approximate surface area is 110 Å². The van der Waals surface area contributed by atoms with Gasteiger partial charge < -0.3 is 9.88 Å². The average Bonchev–Trinajstić information content (AvgIpc) is 2.44. The van der Waals surface area contributed by atoms with Gasteiger partial charge in [-0.25, -0.2) is 4.98 Å². The van der Waals surface area contributed by atoms with Gasteiger partial charge in [0.15, 0.2) is 0 Å². The number of aromatic nitrogens is 2. The van der Waals surface area contributed by atoms with Crippen LogP contribution in [0.4, 0.5) is 11.5 Å². The summed E-state index contributed by atoms with van der Waals surface area (Å²) in [6.45, 7) is 0. The van der Waals surface area contributed by atoms with Gasteiger partial charge in [0.05, 0.1) is 0 Å². The lowest BCUT2D eigenvalue weighted by atomic mass is 10.1. The van der Waals surface area contributed by atoms with E-state index < -0.39 is 0 Å². The van der Waals surface area contributed by atoms with Crippen molar-refractivity contribution in [3.8, 4) is 0 Å². The van der Waals surface area contributed by atoms with Crippen molar-refractivity contribution in [3.63, 3.8) is 0 Å². The van der Waals surface area contributed by atoms with Crippen molar-refractivity contribution in [1.82, 2.24) is 9.55 Å². The van der Waals surface area contributed by atoms with E-state index in [1.165, 1.54) is 0 Å². The van der Waals surface area contributed by atoms with Gasteiger partial charge in [0.2, 0.25) is 0 Å². The van der Waals surface area contributed by atoms with Crippen molar-refractivity contribution in [3.05, 3.63) is 65.2 Å². The Morgan fingerprint density at radius 1 is 1.16 bits per heavy atom. The van der Waals surface area contributed by atoms with E-state index in [-0.39, 0.29) is 5.56 Å². The molecule has 0 spiro atoms. The summed E-state index contributed by atoms with van der Waals surface area (Å²) in [5, 5.41) is 4.85. The van der Waals surface area contributed by atoms with E-state index in [1.807, 2.05) is 42.5 Å². The van der Waals surface area contributed by atoms with Crippen molar-refractivity contribution in [2.75, 3.05) is 5.32 Å². The predicted molar refractivity (Wildman–Crippen MR) is 76.7 cm³/mol. The molecule has 4 nitrogen and oxygen atoms in total. The second-order valence-electron chi connectivity index (χ2n) is 4.37. The summed E-state index contributed by atoms with van der Waals surface area (Å²) < 4.78 is 1.58. The molecule has 4 heteroatoms. The Bertz CT molecular complexity index is 778. The fourth-order valence-electron chi connectivity index (χ4n) is 2.01. The molecule has 0 amide bonds. The van der Waals surface area contributed by atoms with E-state index in [4.69, 9.17) is 0 Å². The Morgan fingerprint density at radius 2 is 2.05 bits per heavy atom. The first kappa shape index (κ1) is 11.5. The molecule has 0 fully saturated rings. The molecule has 0 atom stereocenters. The summed E-state index contributed by atoms with van der Waals surface area (Å²) in [5.41, 5.74) is 0.932. The molecule has 0 aliphatic carbocycles. The fraction of sp³-hybridized carbons (Fsp3) is 0.0667. The molecule has 94 valence electrons. The number of benzene rings is 1. The van der Waals surface area contributed by atoms with Crippen molar-refractivity contribution in [2.24, 2.45) is 7.05 Å². The molecule has 0 unspecified atom stereocenters. The molecule has 0 bridgehead atoms. The van der Waals surface area contributed by atoms with E-state index in [9.17, 15) is 4.79 Å². The molecule has 3 aromatic rings. The standard InChI is InChI=1S/C15H13N3O/c1-18-9-7-11-10-12(5-6-13(11)15(18)19)17-14-4-2-3-8-16-14/h2-10H,1H3,(H,16,17). The lowest BCUT2D eigenvalue weighted by Crippen LogP contribution is -2.15. The quantitative estimate of drug-likeness (QED) is 0.761. The van der Waals surface area contributed by atoms with Crippen LogP contribution in [-0.2, 0) is 7.05 Å². The Balaban J connectivity index is 2.03. The lowest BCUT2D eigenvalue weighted by Gasteiger charge is -2.07. The van der Waals surface area contributed by atoms with Gasteiger partial charge in [-0.1, -0.05) is 6.07 Å². The first-order valence-electron chi connectivity index (χ1n) is 6.01. The molecule has 3 rings (SSSR count). The molecular formula is C15H13N3O. The predicted octanol–water partition coefficient (Wildman–Crippen LogP) is 2.68. The topological polar surface area (TPSA) is 46.9 Å². The second-order valence-corrected chi connectivity index (χ2v) is 4.37. The summed E-state index contributed by atoms with van der Waals surface area (Å²) in [6.07, 6.45) is 3.51. The van der Waals surface area contributed by atoms with Crippen molar-refractivity contribution < 1.29 is 0 Å². The highest BCUT2D eigenvalue weighted by Gasteiger charge is 2.02. The SMILES string of the molecule is Cn1ccc2cc(Nc3ccccn3)ccc2c1=O. The fourth-order valence-corrected chi connectivity index (χ4v) is 2.01. The third-order valence-electron chi connectivity index (χ3n) is 3.02. The third kappa shape index (κ3) is 2.20. The molecule has 0 aliphatic heterocycles. The Morgan fingerprint density at radius 3 is 2.84 bits per heavy atom. The number of aryl methyl sites for hydroxylation is 1. The zero-order chi connectivity index (χ0) is 13.2. The van der Waals surface area contributed by atoms with Gasteiger partial charge in [-0.05, 0) is 41.8 Å². The first-order chi connectivity index (χ1) is 9.24. The lowest BCUT2D eigenvalue weighted by molar-refractivity contribution is 0.873.